The summed E-state index contributed by atoms with van der Waals surface area (Å²) in [5.41, 5.74) is 5.44. The summed E-state index contributed by atoms with van der Waals surface area (Å²) in [6.45, 7) is 3.48. The number of piperidine rings is 1. The third-order valence-corrected chi connectivity index (χ3v) is 4.13. The quantitative estimate of drug-likeness (QED) is 0.387. The molecule has 1 aliphatic rings. The highest BCUT2D eigenvalue weighted by atomic mass is 19.1. The van der Waals surface area contributed by atoms with Crippen molar-refractivity contribution < 1.29 is 14.0 Å². The van der Waals surface area contributed by atoms with Gasteiger partial charge in [-0.05, 0) is 38.1 Å². The molecule has 0 radical (unpaired) electrons. The highest BCUT2D eigenvalue weighted by Crippen LogP contribution is 2.32. The van der Waals surface area contributed by atoms with Crippen LogP contribution in [0.25, 0.3) is 0 Å². The van der Waals surface area contributed by atoms with Crippen molar-refractivity contribution in [3.8, 4) is 0 Å². The molecule has 0 bridgehead atoms. The van der Waals surface area contributed by atoms with Gasteiger partial charge in [-0.2, -0.15) is 0 Å². The van der Waals surface area contributed by atoms with Gasteiger partial charge in [0.25, 0.3) is 0 Å². The van der Waals surface area contributed by atoms with Crippen LogP contribution < -0.4 is 5.73 Å². The number of oxime groups is 1. The van der Waals surface area contributed by atoms with Gasteiger partial charge in [-0.25, -0.2) is 8.78 Å². The summed E-state index contributed by atoms with van der Waals surface area (Å²) in [6, 6.07) is 3.89. The van der Waals surface area contributed by atoms with E-state index in [-0.39, 0.29) is 23.4 Å². The molecule has 4 nitrogen and oxygen atoms in total. The Labute approximate surface area is 116 Å². The summed E-state index contributed by atoms with van der Waals surface area (Å²) >= 11 is 0. The molecule has 1 fully saturated rings. The fourth-order valence-electron chi connectivity index (χ4n) is 2.49. The van der Waals surface area contributed by atoms with Crippen molar-refractivity contribution in [3.63, 3.8) is 0 Å². The van der Waals surface area contributed by atoms with Crippen molar-refractivity contribution in [3.05, 3.63) is 35.4 Å². The number of benzene rings is 1. The van der Waals surface area contributed by atoms with Gasteiger partial charge in [-0.3, -0.25) is 4.90 Å². The maximum Gasteiger partial charge on any atom is 0.145 e. The van der Waals surface area contributed by atoms with E-state index < -0.39 is 11.6 Å². The molecule has 3 N–H and O–H groups in total. The third kappa shape index (κ3) is 2.90. The highest BCUT2D eigenvalue weighted by molar-refractivity contribution is 5.85. The molecule has 1 aromatic rings. The van der Waals surface area contributed by atoms with Gasteiger partial charge in [-0.1, -0.05) is 18.1 Å². The number of halogens is 2. The number of hydrogen-bond donors (Lipinski definition) is 2. The van der Waals surface area contributed by atoms with E-state index in [1.54, 1.807) is 0 Å². The Balaban J connectivity index is 2.02. The predicted octanol–water partition coefficient (Wildman–Crippen LogP) is 2.31. The Morgan fingerprint density at radius 1 is 1.35 bits per heavy atom. The summed E-state index contributed by atoms with van der Waals surface area (Å²) in [5, 5.41) is 11.9. The lowest BCUT2D eigenvalue weighted by Crippen LogP contribution is -2.45. The molecular formula is C14H19F2N3O. The van der Waals surface area contributed by atoms with Crippen LogP contribution in [0, 0.1) is 17.0 Å². The first-order valence-electron chi connectivity index (χ1n) is 6.59. The first kappa shape index (κ1) is 14.7. The zero-order valence-electron chi connectivity index (χ0n) is 11.4. The van der Waals surface area contributed by atoms with Crippen molar-refractivity contribution in [2.45, 2.75) is 26.3 Å². The Kier molecular flexibility index (Phi) is 4.23. The van der Waals surface area contributed by atoms with E-state index in [1.165, 1.54) is 18.2 Å². The van der Waals surface area contributed by atoms with Crippen LogP contribution in [0.15, 0.2) is 23.4 Å². The number of amidine groups is 1. The standard InChI is InChI=1S/C14H19F2N3O/c1-14(13(17)18-20)5-7-19(8-6-14)9-10-11(15)3-2-4-12(10)16/h2-4,20H,5-9H2,1H3,(H2,17,18). The Morgan fingerprint density at radius 2 is 1.90 bits per heavy atom. The SMILES string of the molecule is CC1(/C(N)=N/O)CCN(Cc2c(F)cccc2F)CC1. The second-order valence-corrected chi connectivity index (χ2v) is 5.52. The first-order valence-corrected chi connectivity index (χ1v) is 6.59. The normalized spacial score (nSPS) is 20.1. The molecule has 1 aliphatic heterocycles. The van der Waals surface area contributed by atoms with Gasteiger partial charge < -0.3 is 10.9 Å². The van der Waals surface area contributed by atoms with E-state index >= 15 is 0 Å². The van der Waals surface area contributed by atoms with Crippen molar-refractivity contribution >= 4 is 5.84 Å². The minimum atomic E-state index is -0.519. The molecule has 20 heavy (non-hydrogen) atoms. The minimum Gasteiger partial charge on any atom is -0.409 e. The fraction of sp³-hybridized carbons (Fsp3) is 0.500. The molecular weight excluding hydrogens is 264 g/mol. The van der Waals surface area contributed by atoms with Gasteiger partial charge in [-0.15, -0.1) is 0 Å². The Hall–Kier alpha value is -1.69. The minimum absolute atomic E-state index is 0.0971. The van der Waals surface area contributed by atoms with Crippen LogP contribution in [0.5, 0.6) is 0 Å². The summed E-state index contributed by atoms with van der Waals surface area (Å²) in [6.07, 6.45) is 1.39. The fourth-order valence-corrected chi connectivity index (χ4v) is 2.49. The Bertz CT molecular complexity index is 491. The molecule has 0 saturated carbocycles. The maximum atomic E-state index is 13.6. The van der Waals surface area contributed by atoms with E-state index in [2.05, 4.69) is 5.16 Å². The Morgan fingerprint density at radius 3 is 2.40 bits per heavy atom. The molecule has 0 atom stereocenters. The predicted molar refractivity (Wildman–Crippen MR) is 72.4 cm³/mol. The van der Waals surface area contributed by atoms with Crippen LogP contribution in [0.1, 0.15) is 25.3 Å². The van der Waals surface area contributed by atoms with Crippen molar-refractivity contribution in [2.75, 3.05) is 13.1 Å². The molecule has 110 valence electrons. The van der Waals surface area contributed by atoms with Crippen LogP contribution in [-0.2, 0) is 6.54 Å². The molecule has 2 rings (SSSR count). The second kappa shape index (κ2) is 5.75. The topological polar surface area (TPSA) is 61.9 Å². The molecule has 0 amide bonds. The van der Waals surface area contributed by atoms with Gasteiger partial charge in [0.2, 0.25) is 0 Å². The largest absolute Gasteiger partial charge is 0.409 e. The number of likely N-dealkylation sites (tertiary alicyclic amines) is 1. The first-order chi connectivity index (χ1) is 9.46. The zero-order valence-corrected chi connectivity index (χ0v) is 11.4. The average Bonchev–Trinajstić information content (AvgIpc) is 2.44. The van der Waals surface area contributed by atoms with Gasteiger partial charge in [0.15, 0.2) is 0 Å². The van der Waals surface area contributed by atoms with E-state index in [1.807, 2.05) is 11.8 Å². The van der Waals surface area contributed by atoms with E-state index in [0.717, 1.165) is 0 Å². The van der Waals surface area contributed by atoms with Gasteiger partial charge in [0.05, 0.1) is 0 Å². The van der Waals surface area contributed by atoms with Crippen molar-refractivity contribution in [1.82, 2.24) is 4.90 Å². The van der Waals surface area contributed by atoms with E-state index in [9.17, 15) is 8.78 Å². The molecule has 1 heterocycles. The second-order valence-electron chi connectivity index (χ2n) is 5.52. The summed E-state index contributed by atoms with van der Waals surface area (Å²) < 4.78 is 27.2. The molecule has 1 aromatic carbocycles. The van der Waals surface area contributed by atoms with Gasteiger partial charge >= 0.3 is 0 Å². The smallest absolute Gasteiger partial charge is 0.145 e. The molecule has 0 unspecified atom stereocenters. The van der Waals surface area contributed by atoms with Crippen LogP contribution in [0.2, 0.25) is 0 Å². The average molecular weight is 283 g/mol. The number of rotatable bonds is 3. The molecule has 6 heteroatoms. The van der Waals surface area contributed by atoms with Crippen LogP contribution >= 0.6 is 0 Å². The van der Waals surface area contributed by atoms with Crippen molar-refractivity contribution in [1.29, 1.82) is 0 Å². The summed E-state index contributed by atoms with van der Waals surface area (Å²) in [4.78, 5) is 1.98. The molecule has 0 aliphatic carbocycles. The van der Waals surface area contributed by atoms with Crippen molar-refractivity contribution in [2.24, 2.45) is 16.3 Å². The number of nitrogens with zero attached hydrogens (tertiary/aromatic N) is 2. The van der Waals surface area contributed by atoms with Crippen LogP contribution in [-0.4, -0.2) is 29.0 Å². The lowest BCUT2D eigenvalue weighted by molar-refractivity contribution is 0.150. The third-order valence-electron chi connectivity index (χ3n) is 4.13. The lowest BCUT2D eigenvalue weighted by Gasteiger charge is -2.38. The highest BCUT2D eigenvalue weighted by Gasteiger charge is 2.34. The maximum absolute atomic E-state index is 13.6. The molecule has 0 aromatic heterocycles. The molecule has 0 spiro atoms. The van der Waals surface area contributed by atoms with E-state index in [0.29, 0.717) is 25.9 Å². The monoisotopic (exact) mass is 283 g/mol. The summed E-state index contributed by atoms with van der Waals surface area (Å²) in [5.74, 6) is -0.821. The molecule has 1 saturated heterocycles. The number of nitrogens with two attached hydrogens (primary N) is 1. The van der Waals surface area contributed by atoms with Crippen LogP contribution in [0.4, 0.5) is 8.78 Å². The van der Waals surface area contributed by atoms with E-state index in [4.69, 9.17) is 10.9 Å². The van der Waals surface area contributed by atoms with Crippen LogP contribution in [0.3, 0.4) is 0 Å². The zero-order chi connectivity index (χ0) is 14.8. The van der Waals surface area contributed by atoms with Gasteiger partial charge in [0, 0.05) is 17.5 Å². The lowest BCUT2D eigenvalue weighted by atomic mass is 9.79. The number of hydrogen-bond acceptors (Lipinski definition) is 3. The summed E-state index contributed by atoms with van der Waals surface area (Å²) in [7, 11) is 0. The van der Waals surface area contributed by atoms with Gasteiger partial charge in [0.1, 0.15) is 17.5 Å².